The average molecular weight is 285 g/mol. The Kier molecular flexibility index (Phi) is 4.06. The number of nitrogens with zero attached hydrogens (tertiary/aromatic N) is 2. The Balaban J connectivity index is 1.67. The van der Waals surface area contributed by atoms with E-state index in [9.17, 15) is 0 Å². The summed E-state index contributed by atoms with van der Waals surface area (Å²) in [5.74, 6) is 2.55. The zero-order chi connectivity index (χ0) is 14.8. The first-order valence-corrected chi connectivity index (χ1v) is 7.75. The van der Waals surface area contributed by atoms with Crippen molar-refractivity contribution in [2.45, 2.75) is 45.1 Å². The first-order valence-electron chi connectivity index (χ1n) is 7.75. The summed E-state index contributed by atoms with van der Waals surface area (Å²) < 4.78 is 5.45. The molecule has 0 saturated carbocycles. The fraction of sp³-hybridized carbons (Fsp3) is 0.529. The molecule has 0 saturated heterocycles. The molecular formula is C17H23N3O. The molecule has 0 aliphatic heterocycles. The summed E-state index contributed by atoms with van der Waals surface area (Å²) >= 11 is 0. The Morgan fingerprint density at radius 2 is 2.14 bits per heavy atom. The zero-order valence-electron chi connectivity index (χ0n) is 13.0. The van der Waals surface area contributed by atoms with E-state index < -0.39 is 0 Å². The van der Waals surface area contributed by atoms with Crippen LogP contribution in [-0.2, 0) is 12.8 Å². The third-order valence-electron chi connectivity index (χ3n) is 4.24. The van der Waals surface area contributed by atoms with Gasteiger partial charge < -0.3 is 9.84 Å². The highest BCUT2D eigenvalue weighted by atomic mass is 16.5. The van der Waals surface area contributed by atoms with E-state index in [0.29, 0.717) is 17.9 Å². The number of fused-ring (bicyclic) bond motifs is 1. The summed E-state index contributed by atoms with van der Waals surface area (Å²) in [5.41, 5.74) is 2.75. The predicted molar refractivity (Wildman–Crippen MR) is 82.3 cm³/mol. The maximum atomic E-state index is 5.45. The normalized spacial score (nSPS) is 18.4. The Morgan fingerprint density at radius 1 is 1.33 bits per heavy atom. The Labute approximate surface area is 126 Å². The number of nitrogens with one attached hydrogen (secondary N) is 1. The van der Waals surface area contributed by atoms with Gasteiger partial charge in [0.05, 0.1) is 5.92 Å². The number of benzene rings is 1. The van der Waals surface area contributed by atoms with E-state index in [4.69, 9.17) is 4.52 Å². The van der Waals surface area contributed by atoms with Crippen LogP contribution in [0.25, 0.3) is 0 Å². The van der Waals surface area contributed by atoms with E-state index in [1.165, 1.54) is 11.1 Å². The molecule has 0 fully saturated rings. The minimum atomic E-state index is 0.317. The van der Waals surface area contributed by atoms with Gasteiger partial charge in [0.1, 0.15) is 0 Å². The van der Waals surface area contributed by atoms with Crippen LogP contribution in [0.4, 0.5) is 0 Å². The SMILES string of the molecule is CNC(Cc1nc(C2Cc3ccccc32)no1)CC(C)C. The van der Waals surface area contributed by atoms with Crippen molar-refractivity contribution in [1.82, 2.24) is 15.5 Å². The molecule has 4 nitrogen and oxygen atoms in total. The third kappa shape index (κ3) is 3.00. The number of hydrogen-bond acceptors (Lipinski definition) is 4. The zero-order valence-corrected chi connectivity index (χ0v) is 13.0. The standard InChI is InChI=1S/C17H23N3O/c1-11(2)8-13(18-3)10-16-19-17(20-21-16)15-9-12-6-4-5-7-14(12)15/h4-7,11,13,15,18H,8-10H2,1-3H3. The summed E-state index contributed by atoms with van der Waals surface area (Å²) in [5, 5.41) is 7.53. The molecule has 0 radical (unpaired) electrons. The van der Waals surface area contributed by atoms with E-state index in [1.807, 2.05) is 7.05 Å². The van der Waals surface area contributed by atoms with E-state index >= 15 is 0 Å². The molecule has 4 heteroatoms. The number of hydrogen-bond donors (Lipinski definition) is 1. The van der Waals surface area contributed by atoms with Crippen LogP contribution in [0.5, 0.6) is 0 Å². The van der Waals surface area contributed by atoms with Gasteiger partial charge in [-0.2, -0.15) is 4.98 Å². The molecular weight excluding hydrogens is 262 g/mol. The molecule has 21 heavy (non-hydrogen) atoms. The molecule has 112 valence electrons. The summed E-state index contributed by atoms with van der Waals surface area (Å²) in [4.78, 5) is 4.61. The smallest absolute Gasteiger partial charge is 0.228 e. The average Bonchev–Trinajstić information content (AvgIpc) is 2.87. The minimum absolute atomic E-state index is 0.317. The Hall–Kier alpha value is -1.68. The minimum Gasteiger partial charge on any atom is -0.339 e. The molecule has 1 aliphatic rings. The van der Waals surface area contributed by atoms with Gasteiger partial charge in [0, 0.05) is 12.5 Å². The predicted octanol–water partition coefficient (Wildman–Crippen LogP) is 2.93. The molecule has 2 aromatic rings. The number of aromatic nitrogens is 2. The second kappa shape index (κ2) is 5.98. The van der Waals surface area contributed by atoms with Gasteiger partial charge in [-0.1, -0.05) is 43.3 Å². The lowest BCUT2D eigenvalue weighted by Crippen LogP contribution is -2.29. The van der Waals surface area contributed by atoms with Crippen molar-refractivity contribution in [2.24, 2.45) is 5.92 Å². The van der Waals surface area contributed by atoms with Gasteiger partial charge >= 0.3 is 0 Å². The summed E-state index contributed by atoms with van der Waals surface area (Å²) in [7, 11) is 1.99. The first-order chi connectivity index (χ1) is 10.2. The van der Waals surface area contributed by atoms with Crippen molar-refractivity contribution >= 4 is 0 Å². The van der Waals surface area contributed by atoms with Gasteiger partial charge in [-0.15, -0.1) is 0 Å². The van der Waals surface area contributed by atoms with Crippen LogP contribution in [0, 0.1) is 5.92 Å². The van der Waals surface area contributed by atoms with Crippen LogP contribution in [0.2, 0.25) is 0 Å². The van der Waals surface area contributed by atoms with Crippen molar-refractivity contribution < 1.29 is 4.52 Å². The Bertz CT molecular complexity index is 606. The van der Waals surface area contributed by atoms with Gasteiger partial charge in [-0.05, 0) is 36.9 Å². The van der Waals surface area contributed by atoms with Crippen molar-refractivity contribution in [3.05, 3.63) is 47.1 Å². The highest BCUT2D eigenvalue weighted by Crippen LogP contribution is 2.38. The van der Waals surface area contributed by atoms with E-state index in [0.717, 1.165) is 31.0 Å². The second-order valence-corrected chi connectivity index (χ2v) is 6.32. The van der Waals surface area contributed by atoms with Crippen LogP contribution in [0.3, 0.4) is 0 Å². The van der Waals surface area contributed by atoms with Crippen LogP contribution >= 0.6 is 0 Å². The van der Waals surface area contributed by atoms with Crippen molar-refractivity contribution in [2.75, 3.05) is 7.05 Å². The highest BCUT2D eigenvalue weighted by Gasteiger charge is 2.31. The van der Waals surface area contributed by atoms with Crippen LogP contribution in [0.15, 0.2) is 28.8 Å². The molecule has 2 atom stereocenters. The highest BCUT2D eigenvalue weighted by molar-refractivity contribution is 5.43. The second-order valence-electron chi connectivity index (χ2n) is 6.32. The lowest BCUT2D eigenvalue weighted by molar-refractivity contribution is 0.341. The molecule has 1 aliphatic carbocycles. The first kappa shape index (κ1) is 14.3. The lowest BCUT2D eigenvalue weighted by atomic mass is 9.77. The van der Waals surface area contributed by atoms with E-state index in [-0.39, 0.29) is 0 Å². The molecule has 0 spiro atoms. The van der Waals surface area contributed by atoms with Crippen molar-refractivity contribution in [1.29, 1.82) is 0 Å². The molecule has 1 aromatic heterocycles. The summed E-state index contributed by atoms with van der Waals surface area (Å²) in [6.45, 7) is 4.46. The molecule has 1 aromatic carbocycles. The fourth-order valence-corrected chi connectivity index (χ4v) is 3.06. The van der Waals surface area contributed by atoms with Gasteiger partial charge in [-0.3, -0.25) is 0 Å². The molecule has 1 heterocycles. The van der Waals surface area contributed by atoms with Gasteiger partial charge in [0.2, 0.25) is 5.89 Å². The third-order valence-corrected chi connectivity index (χ3v) is 4.24. The van der Waals surface area contributed by atoms with Crippen LogP contribution < -0.4 is 5.32 Å². The maximum Gasteiger partial charge on any atom is 0.228 e. The molecule has 1 N–H and O–H groups in total. The molecule has 0 amide bonds. The lowest BCUT2D eigenvalue weighted by Gasteiger charge is -2.27. The molecule has 0 bridgehead atoms. The topological polar surface area (TPSA) is 51.0 Å². The van der Waals surface area contributed by atoms with Crippen LogP contribution in [0.1, 0.15) is 49.0 Å². The fourth-order valence-electron chi connectivity index (χ4n) is 3.06. The quantitative estimate of drug-likeness (QED) is 0.886. The van der Waals surface area contributed by atoms with Crippen LogP contribution in [-0.4, -0.2) is 23.2 Å². The maximum absolute atomic E-state index is 5.45. The van der Waals surface area contributed by atoms with Crippen molar-refractivity contribution in [3.63, 3.8) is 0 Å². The number of rotatable bonds is 6. The monoisotopic (exact) mass is 285 g/mol. The van der Waals surface area contributed by atoms with Gasteiger partial charge in [0.25, 0.3) is 0 Å². The van der Waals surface area contributed by atoms with Gasteiger partial charge in [0.15, 0.2) is 5.82 Å². The molecule has 2 unspecified atom stereocenters. The Morgan fingerprint density at radius 3 is 2.86 bits per heavy atom. The van der Waals surface area contributed by atoms with Gasteiger partial charge in [-0.25, -0.2) is 0 Å². The summed E-state index contributed by atoms with van der Waals surface area (Å²) in [6, 6.07) is 8.89. The van der Waals surface area contributed by atoms with E-state index in [2.05, 4.69) is 53.6 Å². The van der Waals surface area contributed by atoms with Crippen molar-refractivity contribution in [3.8, 4) is 0 Å². The number of likely N-dealkylation sites (N-methyl/N-ethyl adjacent to an activating group) is 1. The summed E-state index contributed by atoms with van der Waals surface area (Å²) in [6.07, 6.45) is 2.94. The van der Waals surface area contributed by atoms with E-state index in [1.54, 1.807) is 0 Å². The molecule has 3 rings (SSSR count). The largest absolute Gasteiger partial charge is 0.339 e.